The van der Waals surface area contributed by atoms with Crippen LogP contribution in [-0.2, 0) is 22.5 Å². The van der Waals surface area contributed by atoms with E-state index in [2.05, 4.69) is 15.3 Å². The summed E-state index contributed by atoms with van der Waals surface area (Å²) in [5.74, 6) is -1.07. The van der Waals surface area contributed by atoms with Crippen molar-refractivity contribution in [2.45, 2.75) is 25.7 Å². The van der Waals surface area contributed by atoms with Crippen molar-refractivity contribution in [2.75, 3.05) is 45.2 Å². The molecule has 0 unspecified atom stereocenters. The molecule has 3 aromatic rings. The van der Waals surface area contributed by atoms with E-state index in [-0.39, 0.29) is 28.6 Å². The zero-order chi connectivity index (χ0) is 27.2. The monoisotopic (exact) mass is 530 g/mol. The van der Waals surface area contributed by atoms with E-state index in [1.54, 1.807) is 4.90 Å². The van der Waals surface area contributed by atoms with Crippen LogP contribution in [0.25, 0.3) is 0 Å². The smallest absolute Gasteiger partial charge is 0.328 e. The van der Waals surface area contributed by atoms with Crippen LogP contribution in [0.4, 0.5) is 25.2 Å². The van der Waals surface area contributed by atoms with Gasteiger partial charge in [-0.05, 0) is 36.6 Å². The predicted octanol–water partition coefficient (Wildman–Crippen LogP) is 4.63. The van der Waals surface area contributed by atoms with Crippen LogP contribution in [0, 0.1) is 11.6 Å². The summed E-state index contributed by atoms with van der Waals surface area (Å²) in [6.07, 6.45) is 2.26. The highest BCUT2D eigenvalue weighted by atomic mass is 19.1. The highest BCUT2D eigenvalue weighted by Gasteiger charge is 2.26. The Morgan fingerprint density at radius 3 is 2.37 bits per heavy atom. The first kappa shape index (κ1) is 27.0. The summed E-state index contributed by atoms with van der Waals surface area (Å²) in [7, 11) is 5.56. The SMILES string of the molecule is COc1cc(OC)c(F)c(COc2ccc(NC(=O)N3CCCc4ccc(C(OC)OC)nc43)nc2)c1F. The lowest BCUT2D eigenvalue weighted by atomic mass is 10.1. The number of hydrogen-bond donors (Lipinski definition) is 1. The molecule has 2 aromatic heterocycles. The van der Waals surface area contributed by atoms with Gasteiger partial charge in [-0.2, -0.15) is 0 Å². The Morgan fingerprint density at radius 1 is 1.05 bits per heavy atom. The number of pyridine rings is 2. The standard InChI is InChI=1S/C26H28F2N4O6/c1-34-19-12-20(35-2)23(28)17(22(19)27)14-38-16-8-10-21(29-13-16)31-26(33)32-11-5-6-15-7-9-18(30-24(15)32)25(36-3)37-4/h7-10,12-13,25H,5-6,11,14H2,1-4H3,(H,29,31,33). The molecule has 0 bridgehead atoms. The van der Waals surface area contributed by atoms with Gasteiger partial charge < -0.3 is 23.7 Å². The lowest BCUT2D eigenvalue weighted by Gasteiger charge is -2.29. The lowest BCUT2D eigenvalue weighted by Crippen LogP contribution is -2.39. The Balaban J connectivity index is 1.44. The largest absolute Gasteiger partial charge is 0.494 e. The molecule has 10 nitrogen and oxygen atoms in total. The average Bonchev–Trinajstić information content (AvgIpc) is 2.94. The maximum atomic E-state index is 14.6. The maximum Gasteiger partial charge on any atom is 0.328 e. The molecule has 0 saturated carbocycles. The van der Waals surface area contributed by atoms with Crippen LogP contribution in [0.5, 0.6) is 17.2 Å². The number of nitrogens with one attached hydrogen (secondary N) is 1. The maximum absolute atomic E-state index is 14.6. The third kappa shape index (κ3) is 5.60. The molecule has 0 radical (unpaired) electrons. The molecule has 0 saturated heterocycles. The molecule has 4 rings (SSSR count). The zero-order valence-corrected chi connectivity index (χ0v) is 21.4. The number of carbonyl (C=O) groups is 1. The van der Waals surface area contributed by atoms with Gasteiger partial charge in [0.2, 0.25) is 6.29 Å². The van der Waals surface area contributed by atoms with Crippen LogP contribution < -0.4 is 24.4 Å². The minimum Gasteiger partial charge on any atom is -0.494 e. The summed E-state index contributed by atoms with van der Waals surface area (Å²) >= 11 is 0. The molecule has 1 N–H and O–H groups in total. The van der Waals surface area contributed by atoms with E-state index in [1.165, 1.54) is 46.8 Å². The Hall–Kier alpha value is -4.03. The van der Waals surface area contributed by atoms with Crippen molar-refractivity contribution in [3.63, 3.8) is 0 Å². The Labute approximate surface area is 218 Å². The molecule has 3 heterocycles. The second-order valence-electron chi connectivity index (χ2n) is 8.26. The van der Waals surface area contributed by atoms with E-state index in [0.717, 1.165) is 24.5 Å². The van der Waals surface area contributed by atoms with E-state index in [0.29, 0.717) is 18.1 Å². The lowest BCUT2D eigenvalue weighted by molar-refractivity contribution is -0.108. The van der Waals surface area contributed by atoms with Gasteiger partial charge in [-0.3, -0.25) is 10.2 Å². The highest BCUT2D eigenvalue weighted by molar-refractivity contribution is 6.01. The van der Waals surface area contributed by atoms with Crippen molar-refractivity contribution < 1.29 is 37.3 Å². The number of fused-ring (bicyclic) bond motifs is 1. The molecule has 38 heavy (non-hydrogen) atoms. The van der Waals surface area contributed by atoms with Gasteiger partial charge in [-0.25, -0.2) is 23.5 Å². The van der Waals surface area contributed by atoms with Crippen LogP contribution >= 0.6 is 0 Å². The summed E-state index contributed by atoms with van der Waals surface area (Å²) in [5, 5.41) is 2.74. The number of aryl methyl sites for hydroxylation is 1. The van der Waals surface area contributed by atoms with E-state index < -0.39 is 30.6 Å². The number of hydrogen-bond acceptors (Lipinski definition) is 8. The van der Waals surface area contributed by atoms with Crippen LogP contribution in [-0.4, -0.2) is 51.0 Å². The van der Waals surface area contributed by atoms with Crippen molar-refractivity contribution in [1.82, 2.24) is 9.97 Å². The molecular formula is C26H28F2N4O6. The van der Waals surface area contributed by atoms with Gasteiger partial charge in [0.15, 0.2) is 23.1 Å². The summed E-state index contributed by atoms with van der Waals surface area (Å²) < 4.78 is 55.1. The van der Waals surface area contributed by atoms with E-state index in [1.807, 2.05) is 12.1 Å². The topological polar surface area (TPSA) is 104 Å². The van der Waals surface area contributed by atoms with E-state index in [4.69, 9.17) is 23.7 Å². The van der Waals surface area contributed by atoms with Gasteiger partial charge >= 0.3 is 6.03 Å². The second-order valence-corrected chi connectivity index (χ2v) is 8.26. The predicted molar refractivity (Wildman–Crippen MR) is 134 cm³/mol. The van der Waals surface area contributed by atoms with Crippen LogP contribution in [0.15, 0.2) is 36.5 Å². The molecule has 0 fully saturated rings. The third-order valence-corrected chi connectivity index (χ3v) is 5.99. The number of aromatic nitrogens is 2. The highest BCUT2D eigenvalue weighted by Crippen LogP contribution is 2.32. The molecule has 0 aliphatic carbocycles. The van der Waals surface area contributed by atoms with Crippen molar-refractivity contribution in [2.24, 2.45) is 0 Å². The first-order chi connectivity index (χ1) is 18.4. The Bertz CT molecular complexity index is 1260. The third-order valence-electron chi connectivity index (χ3n) is 5.99. The fourth-order valence-corrected chi connectivity index (χ4v) is 4.06. The number of ether oxygens (including phenoxy) is 5. The average molecular weight is 531 g/mol. The molecule has 1 aliphatic rings. The molecule has 0 spiro atoms. The van der Waals surface area contributed by atoms with Crippen molar-refractivity contribution >= 4 is 17.7 Å². The number of amides is 2. The van der Waals surface area contributed by atoms with Gasteiger partial charge in [-0.15, -0.1) is 0 Å². The van der Waals surface area contributed by atoms with Crippen molar-refractivity contribution in [3.8, 4) is 17.2 Å². The van der Waals surface area contributed by atoms with Crippen LogP contribution in [0.3, 0.4) is 0 Å². The number of rotatable bonds is 9. The molecule has 0 atom stereocenters. The number of anilines is 2. The van der Waals surface area contributed by atoms with E-state index >= 15 is 0 Å². The van der Waals surface area contributed by atoms with Crippen LogP contribution in [0.2, 0.25) is 0 Å². The molecule has 1 aromatic carbocycles. The van der Waals surface area contributed by atoms with Crippen molar-refractivity contribution in [3.05, 3.63) is 65.0 Å². The van der Waals surface area contributed by atoms with Gasteiger partial charge in [0, 0.05) is 26.8 Å². The summed E-state index contributed by atoms with van der Waals surface area (Å²) in [6.45, 7) is 0.0450. The fourth-order valence-electron chi connectivity index (χ4n) is 4.06. The van der Waals surface area contributed by atoms with E-state index in [9.17, 15) is 13.6 Å². The van der Waals surface area contributed by atoms with Crippen LogP contribution in [0.1, 0.15) is 29.5 Å². The molecule has 12 heteroatoms. The number of benzene rings is 1. The number of carbonyl (C=O) groups excluding carboxylic acids is 1. The number of nitrogens with zero attached hydrogens (tertiary/aromatic N) is 3. The summed E-state index contributed by atoms with van der Waals surface area (Å²) in [6, 6.07) is 7.49. The number of urea groups is 1. The Morgan fingerprint density at radius 2 is 1.76 bits per heavy atom. The van der Waals surface area contributed by atoms with Gasteiger partial charge in [0.05, 0.1) is 31.7 Å². The molecular weight excluding hydrogens is 502 g/mol. The first-order valence-corrected chi connectivity index (χ1v) is 11.7. The van der Waals surface area contributed by atoms with Gasteiger partial charge in [0.1, 0.15) is 24.0 Å². The number of methoxy groups -OCH3 is 4. The fraction of sp³-hybridized carbons (Fsp3) is 0.346. The van der Waals surface area contributed by atoms with Crippen molar-refractivity contribution in [1.29, 1.82) is 0 Å². The van der Waals surface area contributed by atoms with Gasteiger partial charge in [0.25, 0.3) is 0 Å². The summed E-state index contributed by atoms with van der Waals surface area (Å²) in [4.78, 5) is 23.4. The van der Waals surface area contributed by atoms with Gasteiger partial charge in [-0.1, -0.05) is 6.07 Å². The molecule has 2 amide bonds. The Kier molecular flexibility index (Phi) is 8.54. The normalized spacial score (nSPS) is 12.8. The zero-order valence-electron chi connectivity index (χ0n) is 21.4. The minimum absolute atomic E-state index is 0.168. The quantitative estimate of drug-likeness (QED) is 0.400. The molecule has 202 valence electrons. The molecule has 1 aliphatic heterocycles. The number of halogens is 2. The second kappa shape index (κ2) is 12.0. The summed E-state index contributed by atoms with van der Waals surface area (Å²) in [5.41, 5.74) is 1.14. The first-order valence-electron chi connectivity index (χ1n) is 11.7. The minimum atomic E-state index is -0.886.